The molecule has 0 aromatic heterocycles. The van der Waals surface area contributed by atoms with Crippen LogP contribution >= 0.6 is 23.2 Å². The Morgan fingerprint density at radius 1 is 1.40 bits per heavy atom. The van der Waals surface area contributed by atoms with Gasteiger partial charge in [-0.3, -0.25) is 9.59 Å². The second-order valence-corrected chi connectivity index (χ2v) is 6.85. The number of hydrogen-bond acceptors (Lipinski definition) is 4. The van der Waals surface area contributed by atoms with E-state index in [1.165, 1.54) is 7.11 Å². The van der Waals surface area contributed by atoms with E-state index in [0.717, 1.165) is 12.8 Å². The first-order chi connectivity index (χ1) is 12.0. The average molecular weight is 388 g/mol. The molecule has 1 aliphatic heterocycles. The van der Waals surface area contributed by atoms with Crippen molar-refractivity contribution in [2.24, 2.45) is 5.73 Å². The number of methoxy groups -OCH3 is 1. The van der Waals surface area contributed by atoms with E-state index in [-0.39, 0.29) is 30.9 Å². The normalized spacial score (nSPS) is 18.7. The van der Waals surface area contributed by atoms with Crippen molar-refractivity contribution < 1.29 is 14.3 Å². The van der Waals surface area contributed by atoms with Gasteiger partial charge < -0.3 is 20.7 Å². The number of hydrogen-bond donors (Lipinski definition) is 2. The first-order valence-electron chi connectivity index (χ1n) is 8.24. The number of halogens is 2. The molecule has 2 atom stereocenters. The van der Waals surface area contributed by atoms with Crippen LogP contribution in [0.4, 0.5) is 5.69 Å². The molecule has 0 aliphatic carbocycles. The van der Waals surface area contributed by atoms with Crippen molar-refractivity contribution in [1.29, 1.82) is 0 Å². The molecule has 1 saturated heterocycles. The van der Waals surface area contributed by atoms with Crippen LogP contribution in [-0.4, -0.2) is 49.1 Å². The van der Waals surface area contributed by atoms with Gasteiger partial charge in [-0.1, -0.05) is 23.2 Å². The third-order valence-electron chi connectivity index (χ3n) is 4.31. The molecule has 25 heavy (non-hydrogen) atoms. The third kappa shape index (κ3) is 5.31. The lowest BCUT2D eigenvalue weighted by molar-refractivity contribution is -0.142. The fraction of sp³-hybridized carbons (Fsp3) is 0.529. The summed E-state index contributed by atoms with van der Waals surface area (Å²) in [7, 11) is 1.52. The van der Waals surface area contributed by atoms with Gasteiger partial charge in [0.15, 0.2) is 0 Å². The van der Waals surface area contributed by atoms with Crippen molar-refractivity contribution in [2.75, 3.05) is 25.5 Å². The highest BCUT2D eigenvalue weighted by molar-refractivity contribution is 6.36. The average Bonchev–Trinajstić information content (AvgIpc) is 2.61. The Kier molecular flexibility index (Phi) is 7.50. The lowest BCUT2D eigenvalue weighted by Crippen LogP contribution is -2.51. The molecule has 2 rings (SSSR count). The topological polar surface area (TPSA) is 84.7 Å². The monoisotopic (exact) mass is 387 g/mol. The molecule has 0 spiro atoms. The predicted octanol–water partition coefficient (Wildman–Crippen LogP) is 2.68. The number of nitrogens with two attached hydrogens (primary N) is 1. The molecule has 1 aromatic carbocycles. The molecule has 1 aliphatic rings. The zero-order chi connectivity index (χ0) is 18.4. The minimum absolute atomic E-state index is 0.126. The fourth-order valence-corrected chi connectivity index (χ4v) is 3.34. The van der Waals surface area contributed by atoms with Crippen LogP contribution in [0.5, 0.6) is 0 Å². The molecular formula is C17H23Cl2N3O3. The van der Waals surface area contributed by atoms with Crippen molar-refractivity contribution in [3.05, 3.63) is 28.2 Å². The molecule has 3 N–H and O–H groups in total. The molecule has 0 bridgehead atoms. The zero-order valence-electron chi connectivity index (χ0n) is 14.1. The maximum Gasteiger partial charge on any atom is 0.247 e. The standard InChI is InChI=1S/C17H23Cl2N3O3/c1-25-12(10-20)9-16(23)22-7-3-2-4-15(22)17(24)21-14-6-5-11(18)8-13(14)19/h5-6,8,12,15H,2-4,7,9-10,20H2,1H3,(H,21,24). The maximum atomic E-state index is 12.7. The van der Waals surface area contributed by atoms with Crippen molar-refractivity contribution in [1.82, 2.24) is 4.90 Å². The Morgan fingerprint density at radius 2 is 2.16 bits per heavy atom. The van der Waals surface area contributed by atoms with Gasteiger partial charge in [-0.05, 0) is 37.5 Å². The summed E-state index contributed by atoms with van der Waals surface area (Å²) < 4.78 is 5.18. The Hall–Kier alpha value is -1.34. The molecule has 1 fully saturated rings. The van der Waals surface area contributed by atoms with Crippen LogP contribution < -0.4 is 11.1 Å². The van der Waals surface area contributed by atoms with Gasteiger partial charge in [0.05, 0.1) is 23.2 Å². The number of piperidine rings is 1. The fourth-order valence-electron chi connectivity index (χ4n) is 2.88. The quantitative estimate of drug-likeness (QED) is 0.785. The van der Waals surface area contributed by atoms with Gasteiger partial charge in [0, 0.05) is 25.2 Å². The van der Waals surface area contributed by atoms with Crippen LogP contribution in [0.15, 0.2) is 18.2 Å². The molecule has 6 nitrogen and oxygen atoms in total. The van der Waals surface area contributed by atoms with E-state index in [1.54, 1.807) is 23.1 Å². The van der Waals surface area contributed by atoms with Crippen molar-refractivity contribution in [3.8, 4) is 0 Å². The molecule has 138 valence electrons. The largest absolute Gasteiger partial charge is 0.380 e. The number of carbonyl (C=O) groups is 2. The minimum Gasteiger partial charge on any atom is -0.380 e. The van der Waals surface area contributed by atoms with E-state index in [2.05, 4.69) is 5.32 Å². The van der Waals surface area contributed by atoms with E-state index >= 15 is 0 Å². The van der Waals surface area contributed by atoms with E-state index in [1.807, 2.05) is 0 Å². The van der Waals surface area contributed by atoms with Crippen LogP contribution in [0.2, 0.25) is 10.0 Å². The molecule has 8 heteroatoms. The lowest BCUT2D eigenvalue weighted by Gasteiger charge is -2.35. The number of benzene rings is 1. The van der Waals surface area contributed by atoms with Crippen LogP contribution in [-0.2, 0) is 14.3 Å². The van der Waals surface area contributed by atoms with E-state index in [4.69, 9.17) is 33.7 Å². The molecule has 1 heterocycles. The summed E-state index contributed by atoms with van der Waals surface area (Å²) >= 11 is 12.0. The molecule has 1 aromatic rings. The second-order valence-electron chi connectivity index (χ2n) is 6.01. The molecule has 0 saturated carbocycles. The Morgan fingerprint density at radius 3 is 2.80 bits per heavy atom. The van der Waals surface area contributed by atoms with Crippen LogP contribution in [0.3, 0.4) is 0 Å². The smallest absolute Gasteiger partial charge is 0.247 e. The summed E-state index contributed by atoms with van der Waals surface area (Å²) in [5.74, 6) is -0.377. The van der Waals surface area contributed by atoms with Gasteiger partial charge in [-0.2, -0.15) is 0 Å². The highest BCUT2D eigenvalue weighted by Gasteiger charge is 2.33. The Balaban J connectivity index is 2.08. The summed E-state index contributed by atoms with van der Waals surface area (Å²) in [6, 6.07) is 4.33. The number of ether oxygens (including phenoxy) is 1. The number of rotatable bonds is 6. The van der Waals surface area contributed by atoms with Crippen molar-refractivity contribution >= 4 is 40.7 Å². The minimum atomic E-state index is -0.525. The number of likely N-dealkylation sites (tertiary alicyclic amines) is 1. The number of amides is 2. The number of anilines is 1. The van der Waals surface area contributed by atoms with Crippen LogP contribution in [0.25, 0.3) is 0 Å². The van der Waals surface area contributed by atoms with E-state index in [9.17, 15) is 9.59 Å². The van der Waals surface area contributed by atoms with Crippen LogP contribution in [0, 0.1) is 0 Å². The van der Waals surface area contributed by atoms with Gasteiger partial charge >= 0.3 is 0 Å². The Bertz CT molecular complexity index is 623. The SMILES string of the molecule is COC(CN)CC(=O)N1CCCCC1C(=O)Nc1ccc(Cl)cc1Cl. The highest BCUT2D eigenvalue weighted by Crippen LogP contribution is 2.27. The first kappa shape index (κ1) is 20.0. The summed E-state index contributed by atoms with van der Waals surface area (Å²) in [4.78, 5) is 26.9. The summed E-state index contributed by atoms with van der Waals surface area (Å²) in [5.41, 5.74) is 6.06. The molecule has 2 amide bonds. The second kappa shape index (κ2) is 9.38. The molecular weight excluding hydrogens is 365 g/mol. The number of nitrogens with one attached hydrogen (secondary N) is 1. The van der Waals surface area contributed by atoms with E-state index < -0.39 is 6.04 Å². The lowest BCUT2D eigenvalue weighted by atomic mass is 10.00. The van der Waals surface area contributed by atoms with Crippen LogP contribution in [0.1, 0.15) is 25.7 Å². The Labute approximate surface area is 157 Å². The van der Waals surface area contributed by atoms with Gasteiger partial charge in [0.1, 0.15) is 6.04 Å². The van der Waals surface area contributed by atoms with Gasteiger partial charge in [0.2, 0.25) is 11.8 Å². The molecule has 0 radical (unpaired) electrons. The maximum absolute atomic E-state index is 12.7. The van der Waals surface area contributed by atoms with Gasteiger partial charge in [0.25, 0.3) is 0 Å². The van der Waals surface area contributed by atoms with E-state index in [0.29, 0.717) is 28.7 Å². The van der Waals surface area contributed by atoms with Crippen molar-refractivity contribution in [3.63, 3.8) is 0 Å². The van der Waals surface area contributed by atoms with Gasteiger partial charge in [-0.25, -0.2) is 0 Å². The summed E-state index contributed by atoms with van der Waals surface area (Å²) in [6.45, 7) is 0.805. The van der Waals surface area contributed by atoms with Gasteiger partial charge in [-0.15, -0.1) is 0 Å². The number of carbonyl (C=O) groups excluding carboxylic acids is 2. The predicted molar refractivity (Wildman–Crippen MR) is 98.9 cm³/mol. The highest BCUT2D eigenvalue weighted by atomic mass is 35.5. The van der Waals surface area contributed by atoms with Crippen molar-refractivity contribution in [2.45, 2.75) is 37.8 Å². The molecule has 2 unspecified atom stereocenters. The zero-order valence-corrected chi connectivity index (χ0v) is 15.6. The first-order valence-corrected chi connectivity index (χ1v) is 9.00. The summed E-state index contributed by atoms with van der Waals surface area (Å²) in [5, 5.41) is 3.64. The third-order valence-corrected chi connectivity index (χ3v) is 4.86. The number of nitrogens with zero attached hydrogens (tertiary/aromatic N) is 1. The summed E-state index contributed by atoms with van der Waals surface area (Å²) in [6.07, 6.45) is 2.20.